The van der Waals surface area contributed by atoms with Crippen LogP contribution in [-0.4, -0.2) is 24.8 Å². The van der Waals surface area contributed by atoms with Crippen molar-refractivity contribution >= 4 is 5.82 Å². The van der Waals surface area contributed by atoms with Gasteiger partial charge in [0.2, 0.25) is 0 Å². The maximum absolute atomic E-state index is 5.90. The van der Waals surface area contributed by atoms with E-state index < -0.39 is 0 Å². The van der Waals surface area contributed by atoms with Gasteiger partial charge in [0, 0.05) is 6.20 Å². The quantitative estimate of drug-likeness (QED) is 0.938. The summed E-state index contributed by atoms with van der Waals surface area (Å²) in [6.45, 7) is 4.84. The molecule has 0 spiro atoms. The maximum atomic E-state index is 5.90. The minimum atomic E-state index is 0.306. The van der Waals surface area contributed by atoms with E-state index in [2.05, 4.69) is 41.1 Å². The first-order valence-electron chi connectivity index (χ1n) is 7.88. The second-order valence-electron chi connectivity index (χ2n) is 6.25. The molecule has 0 unspecified atom stereocenters. The van der Waals surface area contributed by atoms with E-state index in [0.29, 0.717) is 24.3 Å². The molecule has 0 bridgehead atoms. The van der Waals surface area contributed by atoms with Crippen molar-refractivity contribution < 1.29 is 0 Å². The number of nitrogens with zero attached hydrogens (tertiary/aromatic N) is 5. The van der Waals surface area contributed by atoms with Gasteiger partial charge in [0.1, 0.15) is 0 Å². The van der Waals surface area contributed by atoms with Crippen LogP contribution in [0.15, 0.2) is 12.3 Å². The summed E-state index contributed by atoms with van der Waals surface area (Å²) in [7, 11) is 0. The average Bonchev–Trinajstić information content (AvgIpc) is 3.07. The molecule has 0 aliphatic heterocycles. The fraction of sp³-hybridized carbons (Fsp3) is 0.667. The first-order chi connectivity index (χ1) is 10.1. The van der Waals surface area contributed by atoms with Crippen molar-refractivity contribution in [2.45, 2.75) is 64.5 Å². The van der Waals surface area contributed by atoms with Gasteiger partial charge in [0.05, 0.1) is 24.0 Å². The molecule has 0 amide bonds. The van der Waals surface area contributed by atoms with Crippen LogP contribution in [0.5, 0.6) is 0 Å². The number of nitrogens with two attached hydrogens (primary N) is 1. The molecular formula is C15H24N6. The molecule has 3 rings (SSSR count). The van der Waals surface area contributed by atoms with Gasteiger partial charge in [0.25, 0.3) is 0 Å². The molecule has 0 aromatic carbocycles. The Kier molecular flexibility index (Phi) is 3.94. The second kappa shape index (κ2) is 5.87. The molecule has 1 saturated carbocycles. The largest absolute Gasteiger partial charge is 0.381 e. The molecule has 21 heavy (non-hydrogen) atoms. The van der Waals surface area contributed by atoms with Gasteiger partial charge < -0.3 is 5.73 Å². The van der Waals surface area contributed by atoms with Crippen LogP contribution in [0.2, 0.25) is 0 Å². The van der Waals surface area contributed by atoms with Crippen LogP contribution in [-0.2, 0) is 6.54 Å². The lowest BCUT2D eigenvalue weighted by Gasteiger charge is -2.21. The molecular weight excluding hydrogens is 264 g/mol. The summed E-state index contributed by atoms with van der Waals surface area (Å²) in [6.07, 6.45) is 8.58. The van der Waals surface area contributed by atoms with Gasteiger partial charge in [-0.1, -0.05) is 38.3 Å². The van der Waals surface area contributed by atoms with E-state index in [-0.39, 0.29) is 0 Å². The first kappa shape index (κ1) is 14.1. The van der Waals surface area contributed by atoms with E-state index in [0.717, 1.165) is 11.4 Å². The Morgan fingerprint density at radius 2 is 2.05 bits per heavy atom. The third-order valence-electron chi connectivity index (χ3n) is 4.27. The van der Waals surface area contributed by atoms with Gasteiger partial charge in [-0.15, -0.1) is 5.10 Å². The minimum Gasteiger partial charge on any atom is -0.381 e. The standard InChI is InChI=1S/C15H24N6/c1-11(2)14-15(16)17-19-21(14)10-12-8-9-20(18-12)13-6-4-3-5-7-13/h8-9,11,13H,3-7,10,16H2,1-2H3. The lowest BCUT2D eigenvalue weighted by molar-refractivity contribution is 0.327. The third kappa shape index (κ3) is 2.94. The molecule has 2 heterocycles. The molecule has 1 fully saturated rings. The van der Waals surface area contributed by atoms with E-state index in [1.807, 2.05) is 4.68 Å². The van der Waals surface area contributed by atoms with Gasteiger partial charge in [-0.25, -0.2) is 4.68 Å². The van der Waals surface area contributed by atoms with Gasteiger partial charge in [-0.05, 0) is 24.8 Å². The van der Waals surface area contributed by atoms with E-state index in [1.165, 1.54) is 32.1 Å². The zero-order valence-electron chi connectivity index (χ0n) is 12.9. The minimum absolute atomic E-state index is 0.306. The van der Waals surface area contributed by atoms with E-state index >= 15 is 0 Å². The molecule has 2 aromatic heterocycles. The topological polar surface area (TPSA) is 74.5 Å². The van der Waals surface area contributed by atoms with Crippen molar-refractivity contribution in [1.29, 1.82) is 0 Å². The van der Waals surface area contributed by atoms with Crippen molar-refractivity contribution in [3.63, 3.8) is 0 Å². The van der Waals surface area contributed by atoms with Gasteiger partial charge in [-0.3, -0.25) is 4.68 Å². The Hall–Kier alpha value is -1.85. The highest BCUT2D eigenvalue weighted by Crippen LogP contribution is 2.27. The summed E-state index contributed by atoms with van der Waals surface area (Å²) in [4.78, 5) is 0. The van der Waals surface area contributed by atoms with Crippen LogP contribution in [0.25, 0.3) is 0 Å². The number of anilines is 1. The fourth-order valence-electron chi connectivity index (χ4n) is 3.21. The molecule has 2 aromatic rings. The van der Waals surface area contributed by atoms with Crippen LogP contribution in [0.3, 0.4) is 0 Å². The summed E-state index contributed by atoms with van der Waals surface area (Å²) in [5.41, 5.74) is 7.91. The Morgan fingerprint density at radius 1 is 1.29 bits per heavy atom. The van der Waals surface area contributed by atoms with Crippen molar-refractivity contribution in [2.75, 3.05) is 5.73 Å². The molecule has 0 atom stereocenters. The normalized spacial score (nSPS) is 16.7. The predicted octanol–water partition coefficient (Wildman–Crippen LogP) is 2.73. The summed E-state index contributed by atoms with van der Waals surface area (Å²) < 4.78 is 4.00. The highest BCUT2D eigenvalue weighted by Gasteiger charge is 2.18. The second-order valence-corrected chi connectivity index (χ2v) is 6.25. The van der Waals surface area contributed by atoms with Gasteiger partial charge in [0.15, 0.2) is 5.82 Å². The number of nitrogen functional groups attached to an aromatic ring is 1. The SMILES string of the molecule is CC(C)c1c(N)nnn1Cc1ccn(C2CCCCC2)n1. The van der Waals surface area contributed by atoms with Gasteiger partial charge >= 0.3 is 0 Å². The lowest BCUT2D eigenvalue weighted by Crippen LogP contribution is -2.14. The predicted molar refractivity (Wildman–Crippen MR) is 82.0 cm³/mol. The van der Waals surface area contributed by atoms with Crippen molar-refractivity contribution in [3.8, 4) is 0 Å². The number of hydrogen-bond acceptors (Lipinski definition) is 4. The van der Waals surface area contributed by atoms with E-state index in [9.17, 15) is 0 Å². The molecule has 1 aliphatic rings. The molecule has 2 N–H and O–H groups in total. The molecule has 0 saturated heterocycles. The number of rotatable bonds is 4. The first-order valence-corrected chi connectivity index (χ1v) is 7.88. The van der Waals surface area contributed by atoms with Crippen LogP contribution in [0.1, 0.15) is 69.3 Å². The molecule has 6 nitrogen and oxygen atoms in total. The molecule has 0 radical (unpaired) electrons. The number of hydrogen-bond donors (Lipinski definition) is 1. The third-order valence-corrected chi connectivity index (χ3v) is 4.27. The number of aromatic nitrogens is 5. The smallest absolute Gasteiger partial charge is 0.169 e. The Labute approximate surface area is 125 Å². The zero-order chi connectivity index (χ0) is 14.8. The average molecular weight is 288 g/mol. The van der Waals surface area contributed by atoms with E-state index in [1.54, 1.807) is 0 Å². The molecule has 114 valence electrons. The zero-order valence-corrected chi connectivity index (χ0v) is 12.9. The fourth-order valence-corrected chi connectivity index (χ4v) is 3.21. The highest BCUT2D eigenvalue weighted by atomic mass is 15.4. The lowest BCUT2D eigenvalue weighted by atomic mass is 9.96. The summed E-state index contributed by atoms with van der Waals surface area (Å²) >= 11 is 0. The van der Waals surface area contributed by atoms with Crippen LogP contribution in [0.4, 0.5) is 5.82 Å². The van der Waals surface area contributed by atoms with Crippen LogP contribution >= 0.6 is 0 Å². The Bertz CT molecular complexity index is 591. The van der Waals surface area contributed by atoms with Crippen molar-refractivity contribution in [3.05, 3.63) is 23.7 Å². The van der Waals surface area contributed by atoms with E-state index in [4.69, 9.17) is 10.8 Å². The highest BCUT2D eigenvalue weighted by molar-refractivity contribution is 5.35. The van der Waals surface area contributed by atoms with Crippen LogP contribution in [0, 0.1) is 0 Å². The summed E-state index contributed by atoms with van der Waals surface area (Å²) in [5, 5.41) is 12.9. The Morgan fingerprint density at radius 3 is 2.76 bits per heavy atom. The summed E-state index contributed by atoms with van der Waals surface area (Å²) in [5.74, 6) is 0.831. The van der Waals surface area contributed by atoms with Crippen molar-refractivity contribution in [1.82, 2.24) is 24.8 Å². The summed E-state index contributed by atoms with van der Waals surface area (Å²) in [6, 6.07) is 2.65. The molecule has 6 heteroatoms. The Balaban J connectivity index is 1.75. The monoisotopic (exact) mass is 288 g/mol. The molecule has 1 aliphatic carbocycles. The maximum Gasteiger partial charge on any atom is 0.169 e. The van der Waals surface area contributed by atoms with Crippen molar-refractivity contribution in [2.24, 2.45) is 0 Å². The van der Waals surface area contributed by atoms with Gasteiger partial charge in [-0.2, -0.15) is 5.10 Å². The van der Waals surface area contributed by atoms with Crippen LogP contribution < -0.4 is 5.73 Å².